The molecule has 0 aliphatic carbocycles. The predicted octanol–water partition coefficient (Wildman–Crippen LogP) is -1.51. The van der Waals surface area contributed by atoms with Gasteiger partial charge in [0, 0.05) is 0 Å². The lowest BCUT2D eigenvalue weighted by atomic mass is 10.5. The Kier molecular flexibility index (Phi) is 3.55. The highest BCUT2D eigenvalue weighted by Crippen LogP contribution is 2.20. The van der Waals surface area contributed by atoms with Gasteiger partial charge in [-0.05, 0) is 0 Å². The summed E-state index contributed by atoms with van der Waals surface area (Å²) in [6, 6.07) is 0. The molecule has 2 aromatic heterocycles. The van der Waals surface area contributed by atoms with E-state index in [2.05, 4.69) is 15.0 Å². The molecule has 0 aliphatic rings. The topological polar surface area (TPSA) is 145 Å². The van der Waals surface area contributed by atoms with Crippen LogP contribution >= 0.6 is 0 Å². The molecule has 0 bridgehead atoms. The second kappa shape index (κ2) is 5.12. The molecule has 2 rings (SSSR count). The third-order valence-electron chi connectivity index (χ3n) is 2.33. The second-order valence-electron chi connectivity index (χ2n) is 3.52. The van der Waals surface area contributed by atoms with Gasteiger partial charge in [0.1, 0.15) is 5.52 Å². The molecule has 1 unspecified atom stereocenters. The molecule has 0 radical (unpaired) electrons. The van der Waals surface area contributed by atoms with Crippen molar-refractivity contribution in [2.24, 2.45) is 0 Å². The Bertz CT molecular complexity index is 542. The number of fused-ring (bicyclic) bond motifs is 1. The quantitative estimate of drug-likeness (QED) is 0.503. The summed E-state index contributed by atoms with van der Waals surface area (Å²) in [7, 11) is 0. The zero-order valence-corrected chi connectivity index (χ0v) is 9.52. The van der Waals surface area contributed by atoms with E-state index >= 15 is 0 Å². The summed E-state index contributed by atoms with van der Waals surface area (Å²) in [4.78, 5) is 11.8. The minimum atomic E-state index is -0.712. The van der Waals surface area contributed by atoms with Crippen molar-refractivity contribution in [1.29, 1.82) is 0 Å². The molecule has 9 nitrogen and oxygen atoms in total. The summed E-state index contributed by atoms with van der Waals surface area (Å²) in [5, 5.41) is 18.0. The minimum absolute atomic E-state index is 0.0144. The van der Waals surface area contributed by atoms with E-state index in [0.29, 0.717) is 11.2 Å². The molecule has 0 saturated carbocycles. The van der Waals surface area contributed by atoms with Crippen LogP contribution in [0.25, 0.3) is 11.2 Å². The van der Waals surface area contributed by atoms with Crippen LogP contribution in [0.15, 0.2) is 6.33 Å². The van der Waals surface area contributed by atoms with Gasteiger partial charge in [0.2, 0.25) is 5.95 Å². The van der Waals surface area contributed by atoms with E-state index in [0.717, 1.165) is 0 Å². The van der Waals surface area contributed by atoms with E-state index < -0.39 is 6.23 Å². The van der Waals surface area contributed by atoms with Crippen LogP contribution < -0.4 is 11.5 Å². The first-order chi connectivity index (χ1) is 8.67. The number of imidazole rings is 1. The molecule has 0 saturated heterocycles. The number of nitrogen functional groups attached to an aromatic ring is 2. The van der Waals surface area contributed by atoms with Gasteiger partial charge in [0.05, 0.1) is 26.1 Å². The molecular formula is C9H14N6O3. The minimum Gasteiger partial charge on any atom is -0.394 e. The van der Waals surface area contributed by atoms with Gasteiger partial charge < -0.3 is 26.4 Å². The third-order valence-corrected chi connectivity index (χ3v) is 2.33. The fourth-order valence-electron chi connectivity index (χ4n) is 1.58. The number of aromatic nitrogens is 4. The first kappa shape index (κ1) is 12.5. The van der Waals surface area contributed by atoms with Crippen LogP contribution in [0.1, 0.15) is 6.23 Å². The molecule has 6 N–H and O–H groups in total. The normalized spacial score (nSPS) is 13.0. The highest BCUT2D eigenvalue weighted by molar-refractivity contribution is 5.82. The van der Waals surface area contributed by atoms with Crippen molar-refractivity contribution in [3.05, 3.63) is 6.33 Å². The van der Waals surface area contributed by atoms with Gasteiger partial charge in [-0.25, -0.2) is 4.98 Å². The molecule has 0 aliphatic heterocycles. The fraction of sp³-hybridized carbons (Fsp3) is 0.444. The van der Waals surface area contributed by atoms with E-state index in [9.17, 15) is 5.11 Å². The number of rotatable bonds is 5. The van der Waals surface area contributed by atoms with Gasteiger partial charge in [-0.1, -0.05) is 0 Å². The maximum atomic E-state index is 9.26. The molecule has 2 aromatic rings. The van der Waals surface area contributed by atoms with Gasteiger partial charge in [0.25, 0.3) is 0 Å². The Balaban J connectivity index is 2.43. The summed E-state index contributed by atoms with van der Waals surface area (Å²) in [6.07, 6.45) is 0.712. The molecule has 1 atom stereocenters. The van der Waals surface area contributed by atoms with Gasteiger partial charge in [0.15, 0.2) is 17.7 Å². The zero-order valence-electron chi connectivity index (χ0n) is 9.52. The molecule has 98 valence electrons. The highest BCUT2D eigenvalue weighted by atomic mass is 16.5. The Morgan fingerprint density at radius 2 is 2.11 bits per heavy atom. The third kappa shape index (κ3) is 2.18. The Morgan fingerprint density at radius 1 is 1.33 bits per heavy atom. The van der Waals surface area contributed by atoms with Gasteiger partial charge in [-0.15, -0.1) is 0 Å². The summed E-state index contributed by atoms with van der Waals surface area (Å²) in [6.45, 7) is -0.362. The van der Waals surface area contributed by atoms with Crippen LogP contribution in [0.4, 0.5) is 11.8 Å². The van der Waals surface area contributed by atoms with Crippen molar-refractivity contribution in [1.82, 2.24) is 19.5 Å². The van der Waals surface area contributed by atoms with Gasteiger partial charge >= 0.3 is 0 Å². The number of aliphatic hydroxyl groups is 2. The van der Waals surface area contributed by atoms with Crippen LogP contribution in [0.5, 0.6) is 0 Å². The number of aliphatic hydroxyl groups excluding tert-OH is 2. The summed E-state index contributed by atoms with van der Waals surface area (Å²) in [5.41, 5.74) is 11.9. The number of hydrogen-bond donors (Lipinski definition) is 4. The summed E-state index contributed by atoms with van der Waals surface area (Å²) < 4.78 is 6.74. The monoisotopic (exact) mass is 254 g/mol. The van der Waals surface area contributed by atoms with Crippen LogP contribution in [0.3, 0.4) is 0 Å². The maximum absolute atomic E-state index is 9.26. The van der Waals surface area contributed by atoms with Crippen molar-refractivity contribution >= 4 is 22.9 Å². The molecule has 0 spiro atoms. The smallest absolute Gasteiger partial charge is 0.224 e. The number of nitrogens with zero attached hydrogens (tertiary/aromatic N) is 4. The van der Waals surface area contributed by atoms with Gasteiger partial charge in [-0.3, -0.25) is 4.57 Å². The molecule has 0 amide bonds. The van der Waals surface area contributed by atoms with Crippen LogP contribution in [0, 0.1) is 0 Å². The van der Waals surface area contributed by atoms with E-state index in [4.69, 9.17) is 21.3 Å². The van der Waals surface area contributed by atoms with E-state index in [-0.39, 0.29) is 31.6 Å². The molecule has 9 heteroatoms. The van der Waals surface area contributed by atoms with Crippen molar-refractivity contribution in [3.63, 3.8) is 0 Å². The van der Waals surface area contributed by atoms with Crippen LogP contribution in [-0.4, -0.2) is 49.6 Å². The number of nitrogens with two attached hydrogens (primary N) is 2. The Hall–Kier alpha value is -1.97. The summed E-state index contributed by atoms with van der Waals surface area (Å²) >= 11 is 0. The fourth-order valence-corrected chi connectivity index (χ4v) is 1.58. The largest absolute Gasteiger partial charge is 0.394 e. The van der Waals surface area contributed by atoms with Crippen molar-refractivity contribution < 1.29 is 14.9 Å². The number of hydrogen-bond acceptors (Lipinski definition) is 8. The average Bonchev–Trinajstić information content (AvgIpc) is 2.74. The Morgan fingerprint density at radius 3 is 2.78 bits per heavy atom. The second-order valence-corrected chi connectivity index (χ2v) is 3.52. The standard InChI is InChI=1S/C9H14N6O3/c10-7-6-8(14-9(11)13-7)15(4-12-6)5(3-17)18-2-1-16/h4-5,16-17H,1-3H2,(H4,10,11,13,14). The first-order valence-electron chi connectivity index (χ1n) is 5.26. The maximum Gasteiger partial charge on any atom is 0.224 e. The average molecular weight is 254 g/mol. The molecule has 18 heavy (non-hydrogen) atoms. The number of ether oxygens (including phenoxy) is 1. The lowest BCUT2D eigenvalue weighted by Crippen LogP contribution is -2.18. The lowest BCUT2D eigenvalue weighted by Gasteiger charge is -2.16. The Labute approximate surface area is 102 Å². The van der Waals surface area contributed by atoms with Crippen molar-refractivity contribution in [3.8, 4) is 0 Å². The van der Waals surface area contributed by atoms with E-state index in [1.807, 2.05) is 0 Å². The van der Waals surface area contributed by atoms with Crippen molar-refractivity contribution in [2.75, 3.05) is 31.3 Å². The first-order valence-corrected chi connectivity index (χ1v) is 5.26. The summed E-state index contributed by atoms with van der Waals surface area (Å²) in [5.74, 6) is 0.177. The molecular weight excluding hydrogens is 240 g/mol. The van der Waals surface area contributed by atoms with E-state index in [1.165, 1.54) is 10.9 Å². The van der Waals surface area contributed by atoms with Crippen LogP contribution in [-0.2, 0) is 4.74 Å². The molecule has 0 fully saturated rings. The lowest BCUT2D eigenvalue weighted by molar-refractivity contribution is -0.0444. The number of anilines is 2. The van der Waals surface area contributed by atoms with Gasteiger partial charge in [-0.2, -0.15) is 9.97 Å². The van der Waals surface area contributed by atoms with Crippen LogP contribution in [0.2, 0.25) is 0 Å². The molecule has 0 aromatic carbocycles. The highest BCUT2D eigenvalue weighted by Gasteiger charge is 2.17. The SMILES string of the molecule is Nc1nc(N)c2ncn(C(CO)OCCO)c2n1. The molecule has 2 heterocycles. The van der Waals surface area contributed by atoms with Crippen molar-refractivity contribution in [2.45, 2.75) is 6.23 Å². The zero-order chi connectivity index (χ0) is 13.1. The predicted molar refractivity (Wildman–Crippen MR) is 63.3 cm³/mol. The van der Waals surface area contributed by atoms with E-state index in [1.54, 1.807) is 0 Å².